The fourth-order valence-corrected chi connectivity index (χ4v) is 3.27. The molecule has 1 aliphatic carbocycles. The van der Waals surface area contributed by atoms with Crippen molar-refractivity contribution < 1.29 is 9.53 Å². The normalized spacial score (nSPS) is 30.2. The molecule has 0 amide bonds. The number of ether oxygens (including phenoxy) is 1. The molecule has 4 heteroatoms. The summed E-state index contributed by atoms with van der Waals surface area (Å²) in [4.78, 5) is 14.1. The van der Waals surface area contributed by atoms with E-state index >= 15 is 0 Å². The number of nitrogens with one attached hydrogen (secondary N) is 1. The summed E-state index contributed by atoms with van der Waals surface area (Å²) in [6.07, 6.45) is 4.16. The van der Waals surface area contributed by atoms with Crippen LogP contribution in [-0.2, 0) is 9.53 Å². The second-order valence-corrected chi connectivity index (χ2v) is 5.26. The van der Waals surface area contributed by atoms with Gasteiger partial charge in [-0.15, -0.1) is 0 Å². The predicted molar refractivity (Wildman–Crippen MR) is 66.8 cm³/mol. The van der Waals surface area contributed by atoms with E-state index < -0.39 is 0 Å². The van der Waals surface area contributed by atoms with E-state index in [0.717, 1.165) is 18.4 Å². The van der Waals surface area contributed by atoms with E-state index in [1.165, 1.54) is 32.4 Å². The molecule has 0 aromatic carbocycles. The number of nitrogens with zero attached hydrogens (tertiary/aromatic N) is 1. The van der Waals surface area contributed by atoms with Crippen LogP contribution in [-0.4, -0.2) is 50.2 Å². The van der Waals surface area contributed by atoms with Gasteiger partial charge < -0.3 is 15.0 Å². The van der Waals surface area contributed by atoms with Crippen LogP contribution in [0.5, 0.6) is 0 Å². The molecule has 3 unspecified atom stereocenters. The smallest absolute Gasteiger partial charge is 0.324 e. The van der Waals surface area contributed by atoms with E-state index in [1.807, 2.05) is 14.0 Å². The first-order valence-electron chi connectivity index (χ1n) is 6.80. The van der Waals surface area contributed by atoms with Gasteiger partial charge in [0.25, 0.3) is 0 Å². The second-order valence-electron chi connectivity index (χ2n) is 5.26. The Bertz CT molecular complexity index is 258. The van der Waals surface area contributed by atoms with E-state index in [2.05, 4.69) is 10.2 Å². The molecule has 0 aromatic rings. The Hall–Kier alpha value is -0.610. The number of carbonyl (C=O) groups excluding carboxylic acids is 1. The van der Waals surface area contributed by atoms with E-state index in [1.54, 1.807) is 0 Å². The van der Waals surface area contributed by atoms with Gasteiger partial charge >= 0.3 is 5.97 Å². The Kier molecular flexibility index (Phi) is 4.40. The largest absolute Gasteiger partial charge is 0.465 e. The van der Waals surface area contributed by atoms with Gasteiger partial charge in [-0.3, -0.25) is 4.79 Å². The first-order valence-corrected chi connectivity index (χ1v) is 6.80. The van der Waals surface area contributed by atoms with Crippen LogP contribution in [0.2, 0.25) is 0 Å². The molecule has 98 valence electrons. The van der Waals surface area contributed by atoms with E-state index in [-0.39, 0.29) is 12.0 Å². The average Bonchev–Trinajstić information content (AvgIpc) is 2.86. The molecule has 0 aromatic heterocycles. The molecule has 2 fully saturated rings. The minimum atomic E-state index is -0.172. The average molecular weight is 240 g/mol. The first kappa shape index (κ1) is 12.8. The molecule has 4 nitrogen and oxygen atoms in total. The fourth-order valence-electron chi connectivity index (χ4n) is 3.27. The van der Waals surface area contributed by atoms with Crippen LogP contribution in [0, 0.1) is 11.8 Å². The van der Waals surface area contributed by atoms with Crippen molar-refractivity contribution >= 4 is 5.97 Å². The van der Waals surface area contributed by atoms with Gasteiger partial charge in [0.1, 0.15) is 6.04 Å². The van der Waals surface area contributed by atoms with E-state index in [4.69, 9.17) is 4.74 Å². The van der Waals surface area contributed by atoms with Crippen molar-refractivity contribution in [2.45, 2.75) is 32.2 Å². The number of rotatable bonds is 5. The third kappa shape index (κ3) is 2.99. The lowest BCUT2D eigenvalue weighted by atomic mass is 10.0. The zero-order valence-electron chi connectivity index (χ0n) is 10.9. The molecule has 1 aliphatic heterocycles. The summed E-state index contributed by atoms with van der Waals surface area (Å²) in [5.74, 6) is 1.65. The first-order chi connectivity index (χ1) is 8.24. The highest BCUT2D eigenvalue weighted by molar-refractivity contribution is 5.76. The van der Waals surface area contributed by atoms with Crippen LogP contribution in [0.3, 0.4) is 0 Å². The number of likely N-dealkylation sites (N-methyl/N-ethyl adjacent to an activating group) is 1. The maximum Gasteiger partial charge on any atom is 0.324 e. The molecule has 2 aliphatic rings. The number of hydrogen-bond donors (Lipinski definition) is 1. The van der Waals surface area contributed by atoms with Gasteiger partial charge in [-0.05, 0) is 38.6 Å². The van der Waals surface area contributed by atoms with Gasteiger partial charge in [-0.25, -0.2) is 0 Å². The quantitative estimate of drug-likeness (QED) is 0.724. The van der Waals surface area contributed by atoms with Gasteiger partial charge in [-0.1, -0.05) is 6.42 Å². The highest BCUT2D eigenvalue weighted by atomic mass is 16.5. The summed E-state index contributed by atoms with van der Waals surface area (Å²) in [5.41, 5.74) is 0. The molecule has 0 spiro atoms. The summed E-state index contributed by atoms with van der Waals surface area (Å²) >= 11 is 0. The molecule has 17 heavy (non-hydrogen) atoms. The number of esters is 1. The van der Waals surface area contributed by atoms with Crippen molar-refractivity contribution in [2.75, 3.05) is 33.3 Å². The standard InChI is InChI=1S/C13H24N2O2/c1-3-17-13(16)12(14-2)9-15-7-10-5-4-6-11(10)8-15/h10-12,14H,3-9H2,1-2H3. The van der Waals surface area contributed by atoms with Crippen molar-refractivity contribution in [3.05, 3.63) is 0 Å². The van der Waals surface area contributed by atoms with Gasteiger partial charge in [0.15, 0.2) is 0 Å². The molecule has 3 atom stereocenters. The van der Waals surface area contributed by atoms with Crippen molar-refractivity contribution in [1.82, 2.24) is 10.2 Å². The summed E-state index contributed by atoms with van der Waals surface area (Å²) in [7, 11) is 1.83. The number of carbonyl (C=O) groups is 1. The lowest BCUT2D eigenvalue weighted by molar-refractivity contribution is -0.146. The maximum absolute atomic E-state index is 11.7. The van der Waals surface area contributed by atoms with Crippen LogP contribution < -0.4 is 5.32 Å². The minimum absolute atomic E-state index is 0.118. The lowest BCUT2D eigenvalue weighted by Crippen LogP contribution is -2.45. The molecule has 1 N–H and O–H groups in total. The Morgan fingerprint density at radius 2 is 2.06 bits per heavy atom. The summed E-state index contributed by atoms with van der Waals surface area (Å²) in [5, 5.41) is 3.06. The summed E-state index contributed by atoms with van der Waals surface area (Å²) in [6.45, 7) is 5.44. The Morgan fingerprint density at radius 3 is 2.59 bits per heavy atom. The van der Waals surface area contributed by atoms with Gasteiger partial charge in [0.05, 0.1) is 6.61 Å². The number of likely N-dealkylation sites (tertiary alicyclic amines) is 1. The van der Waals surface area contributed by atoms with E-state index in [0.29, 0.717) is 6.61 Å². The zero-order valence-corrected chi connectivity index (χ0v) is 10.9. The van der Waals surface area contributed by atoms with Gasteiger partial charge in [-0.2, -0.15) is 0 Å². The highest BCUT2D eigenvalue weighted by Crippen LogP contribution is 2.37. The SMILES string of the molecule is CCOC(=O)C(CN1CC2CCCC2C1)NC. The van der Waals surface area contributed by atoms with Crippen LogP contribution in [0.15, 0.2) is 0 Å². The van der Waals surface area contributed by atoms with Crippen LogP contribution in [0.1, 0.15) is 26.2 Å². The topological polar surface area (TPSA) is 41.6 Å². The number of fused-ring (bicyclic) bond motifs is 1. The summed E-state index contributed by atoms with van der Waals surface area (Å²) < 4.78 is 5.07. The molecule has 1 heterocycles. The molecular weight excluding hydrogens is 216 g/mol. The van der Waals surface area contributed by atoms with E-state index in [9.17, 15) is 4.79 Å². The Balaban J connectivity index is 1.81. The lowest BCUT2D eigenvalue weighted by Gasteiger charge is -2.22. The van der Waals surface area contributed by atoms with Crippen LogP contribution in [0.4, 0.5) is 0 Å². The van der Waals surface area contributed by atoms with Crippen molar-refractivity contribution in [2.24, 2.45) is 11.8 Å². The fraction of sp³-hybridized carbons (Fsp3) is 0.923. The molecule has 0 radical (unpaired) electrons. The zero-order chi connectivity index (χ0) is 12.3. The van der Waals surface area contributed by atoms with Crippen molar-refractivity contribution in [3.8, 4) is 0 Å². The van der Waals surface area contributed by atoms with Crippen molar-refractivity contribution in [3.63, 3.8) is 0 Å². The van der Waals surface area contributed by atoms with Gasteiger partial charge in [0, 0.05) is 19.6 Å². The Labute approximate surface area is 104 Å². The molecule has 0 bridgehead atoms. The third-order valence-corrected chi connectivity index (χ3v) is 4.16. The van der Waals surface area contributed by atoms with Crippen LogP contribution in [0.25, 0.3) is 0 Å². The monoisotopic (exact) mass is 240 g/mol. The molecule has 2 rings (SSSR count). The molecule has 1 saturated heterocycles. The molecular formula is C13H24N2O2. The third-order valence-electron chi connectivity index (χ3n) is 4.16. The highest BCUT2D eigenvalue weighted by Gasteiger charge is 2.37. The Morgan fingerprint density at radius 1 is 1.41 bits per heavy atom. The number of hydrogen-bond acceptors (Lipinski definition) is 4. The minimum Gasteiger partial charge on any atom is -0.465 e. The van der Waals surface area contributed by atoms with Crippen LogP contribution >= 0.6 is 0 Å². The predicted octanol–water partition coefficient (Wildman–Crippen LogP) is 0.869. The summed E-state index contributed by atoms with van der Waals surface area (Å²) in [6, 6.07) is -0.172. The van der Waals surface area contributed by atoms with Crippen molar-refractivity contribution in [1.29, 1.82) is 0 Å². The van der Waals surface area contributed by atoms with Gasteiger partial charge in [0.2, 0.25) is 0 Å². The maximum atomic E-state index is 11.7. The molecule has 1 saturated carbocycles. The second kappa shape index (κ2) is 5.83.